The van der Waals surface area contributed by atoms with Crippen LogP contribution >= 0.6 is 0 Å². The first-order valence-corrected chi connectivity index (χ1v) is 17.6. The zero-order chi connectivity index (χ0) is 39.3. The van der Waals surface area contributed by atoms with E-state index in [0.29, 0.717) is 22.1 Å². The molecule has 0 aliphatic heterocycles. The zero-order valence-corrected chi connectivity index (χ0v) is 32.2. The molecular formula is C48H32F6N2Ti. The molecule has 9 heteroatoms. The van der Waals surface area contributed by atoms with Crippen LogP contribution in [0.4, 0.5) is 26.3 Å². The van der Waals surface area contributed by atoms with Crippen LogP contribution in [0.5, 0.6) is 0 Å². The van der Waals surface area contributed by atoms with Crippen LogP contribution in [-0.4, -0.2) is 9.13 Å². The third kappa shape index (κ3) is 7.97. The number of rotatable bonds is 2. The number of hydrogen-bond acceptors (Lipinski definition) is 0. The summed E-state index contributed by atoms with van der Waals surface area (Å²) >= 11 is 0. The van der Waals surface area contributed by atoms with Crippen molar-refractivity contribution >= 4 is 43.6 Å². The third-order valence-electron chi connectivity index (χ3n) is 9.31. The summed E-state index contributed by atoms with van der Waals surface area (Å²) < 4.78 is 88.0. The first-order valence-electron chi connectivity index (χ1n) is 17.6. The van der Waals surface area contributed by atoms with Gasteiger partial charge in [0.1, 0.15) is 0 Å². The molecule has 0 N–H and O–H groups in total. The standard InChI is InChI=1S/2C19H11F3N.2C5H5.Ti/c2*1-11-14(20)10-15(21)19(18(11)22)23-16-8-4-2-6-12(16)13-7-3-5-9-17(13)23;2*1-2-4-5-3-1;/h2*2-9H,1H3;2*1-5H;/q4*-1;+4. The van der Waals surface area contributed by atoms with Crippen molar-refractivity contribution in [3.05, 3.63) is 216 Å². The fraction of sp³-hybridized carbons (Fsp3) is 0.0417. The molecule has 0 spiro atoms. The quantitative estimate of drug-likeness (QED) is 0.0937. The van der Waals surface area contributed by atoms with Gasteiger partial charge >= 0.3 is 21.7 Å². The Hall–Kier alpha value is -6.09. The Morgan fingerprint density at radius 2 is 0.649 bits per heavy atom. The molecule has 57 heavy (non-hydrogen) atoms. The minimum absolute atomic E-state index is 0. The predicted octanol–water partition coefficient (Wildman–Crippen LogP) is 13.4. The summed E-state index contributed by atoms with van der Waals surface area (Å²) in [5, 5.41) is 3.51. The van der Waals surface area contributed by atoms with Crippen molar-refractivity contribution in [3.8, 4) is 11.4 Å². The Morgan fingerprint density at radius 1 is 0.386 bits per heavy atom. The molecule has 2 nitrogen and oxygen atoms in total. The van der Waals surface area contributed by atoms with E-state index in [2.05, 4.69) is 0 Å². The maximum atomic E-state index is 14.6. The molecule has 10 rings (SSSR count). The van der Waals surface area contributed by atoms with Gasteiger partial charge in [-0.1, -0.05) is 97.8 Å². The molecule has 0 fully saturated rings. The van der Waals surface area contributed by atoms with E-state index in [0.717, 1.165) is 21.5 Å². The molecular weight excluding hydrogens is 766 g/mol. The first-order chi connectivity index (χ1) is 27.2. The molecule has 0 saturated carbocycles. The molecule has 0 radical (unpaired) electrons. The summed E-state index contributed by atoms with van der Waals surface area (Å²) in [4.78, 5) is 0. The van der Waals surface area contributed by atoms with Gasteiger partial charge in [-0.2, -0.15) is 36.4 Å². The van der Waals surface area contributed by atoms with Gasteiger partial charge in [-0.15, -0.1) is 12.1 Å². The molecule has 2 aromatic heterocycles. The fourth-order valence-electron chi connectivity index (χ4n) is 6.60. The van der Waals surface area contributed by atoms with Crippen LogP contribution < -0.4 is 0 Å². The molecule has 0 saturated heterocycles. The third-order valence-corrected chi connectivity index (χ3v) is 9.31. The maximum absolute atomic E-state index is 14.6. The van der Waals surface area contributed by atoms with E-state index in [9.17, 15) is 26.3 Å². The van der Waals surface area contributed by atoms with Crippen LogP contribution in [0.2, 0.25) is 0 Å². The number of fused-ring (bicyclic) bond motifs is 6. The minimum Gasteiger partial charge on any atom is -0.359 e. The normalized spacial score (nSPS) is 10.7. The van der Waals surface area contributed by atoms with E-state index in [4.69, 9.17) is 0 Å². The Bertz CT molecular complexity index is 2570. The number of para-hydroxylation sites is 4. The van der Waals surface area contributed by atoms with Crippen LogP contribution in [0.3, 0.4) is 0 Å². The van der Waals surface area contributed by atoms with Gasteiger partial charge in [-0.3, -0.25) is 0 Å². The van der Waals surface area contributed by atoms with Crippen molar-refractivity contribution in [3.63, 3.8) is 0 Å². The Balaban J connectivity index is 0.000000152. The van der Waals surface area contributed by atoms with Crippen LogP contribution in [0.25, 0.3) is 55.0 Å². The van der Waals surface area contributed by atoms with Gasteiger partial charge in [0.05, 0.1) is 0 Å². The summed E-state index contributed by atoms with van der Waals surface area (Å²) in [5.74, 6) is -5.93. The monoisotopic (exact) mass is 798 g/mol. The summed E-state index contributed by atoms with van der Waals surface area (Å²) in [6.45, 7) is 2.55. The molecule has 8 aromatic carbocycles. The van der Waals surface area contributed by atoms with E-state index in [1.165, 1.54) is 23.0 Å². The molecule has 0 unspecified atom stereocenters. The van der Waals surface area contributed by atoms with Crippen molar-refractivity contribution < 1.29 is 48.1 Å². The SMILES string of the molecule is Cc1c(F)[c-]c(F)c(-n2c3ccccc3c3ccccc32)c1F.Cc1c(F)[c-]c(F)c(-n2c3ccccc3c3ccccc32)c1F.[Ti+4].c1cc[cH-]c1.c1cc[cH-]c1. The first kappa shape index (κ1) is 40.6. The average Bonchev–Trinajstić information content (AvgIpc) is 4.07. The van der Waals surface area contributed by atoms with Crippen molar-refractivity contribution in [2.24, 2.45) is 0 Å². The number of halogens is 6. The molecule has 0 amide bonds. The van der Waals surface area contributed by atoms with Gasteiger partial charge in [-0.25, -0.2) is 50.6 Å². The summed E-state index contributed by atoms with van der Waals surface area (Å²) in [6, 6.07) is 53.3. The Morgan fingerprint density at radius 3 is 0.895 bits per heavy atom. The largest absolute Gasteiger partial charge is 4.00 e. The summed E-state index contributed by atoms with van der Waals surface area (Å²) in [7, 11) is 0. The van der Waals surface area contributed by atoms with Crippen LogP contribution in [-0.2, 0) is 21.7 Å². The van der Waals surface area contributed by atoms with Crippen LogP contribution in [0, 0.1) is 60.9 Å². The van der Waals surface area contributed by atoms with Crippen LogP contribution in [0.1, 0.15) is 11.1 Å². The maximum Gasteiger partial charge on any atom is 4.00 e. The number of aromatic nitrogens is 2. The molecule has 10 aromatic rings. The molecule has 2 heterocycles. The van der Waals surface area contributed by atoms with Gasteiger partial charge in [0, 0.05) is 89.9 Å². The zero-order valence-electron chi connectivity index (χ0n) is 30.7. The molecule has 0 aliphatic carbocycles. The molecule has 280 valence electrons. The second kappa shape index (κ2) is 17.8. The van der Waals surface area contributed by atoms with Gasteiger partial charge in [-0.05, 0) is 24.3 Å². The summed E-state index contributed by atoms with van der Waals surface area (Å²) in [6.07, 6.45) is 0. The second-order valence-electron chi connectivity index (χ2n) is 12.7. The Labute approximate surface area is 340 Å². The number of hydrogen-bond donors (Lipinski definition) is 0. The van der Waals surface area contributed by atoms with E-state index >= 15 is 0 Å². The smallest absolute Gasteiger partial charge is 0.359 e. The van der Waals surface area contributed by atoms with Gasteiger partial charge in [0.25, 0.3) is 0 Å². The molecule has 0 aliphatic rings. The van der Waals surface area contributed by atoms with E-state index in [1.807, 2.05) is 121 Å². The van der Waals surface area contributed by atoms with Crippen LogP contribution in [0.15, 0.2) is 158 Å². The number of benzene rings is 6. The Kier molecular flexibility index (Phi) is 12.7. The topological polar surface area (TPSA) is 9.86 Å². The van der Waals surface area contributed by atoms with Crippen molar-refractivity contribution in [2.45, 2.75) is 13.8 Å². The van der Waals surface area contributed by atoms with Crippen molar-refractivity contribution in [1.29, 1.82) is 0 Å². The van der Waals surface area contributed by atoms with Crippen molar-refractivity contribution in [2.75, 3.05) is 0 Å². The fourth-order valence-corrected chi connectivity index (χ4v) is 6.60. The molecule has 0 bridgehead atoms. The molecule has 0 atom stereocenters. The van der Waals surface area contributed by atoms with Gasteiger partial charge in [0.15, 0.2) is 0 Å². The minimum atomic E-state index is -1.04. The van der Waals surface area contributed by atoms with Crippen molar-refractivity contribution in [1.82, 2.24) is 9.13 Å². The van der Waals surface area contributed by atoms with E-state index in [-0.39, 0.29) is 44.2 Å². The summed E-state index contributed by atoms with van der Waals surface area (Å²) in [5.41, 5.74) is 1.53. The van der Waals surface area contributed by atoms with Gasteiger partial charge in [0.2, 0.25) is 0 Å². The average molecular weight is 799 g/mol. The number of nitrogens with zero attached hydrogens (tertiary/aromatic N) is 2. The second-order valence-corrected chi connectivity index (χ2v) is 12.7. The van der Waals surface area contributed by atoms with Gasteiger partial charge < -0.3 is 9.13 Å². The van der Waals surface area contributed by atoms with E-state index in [1.54, 1.807) is 48.5 Å². The van der Waals surface area contributed by atoms with E-state index < -0.39 is 34.9 Å². The predicted molar refractivity (Wildman–Crippen MR) is 213 cm³/mol.